The van der Waals surface area contributed by atoms with Crippen molar-refractivity contribution >= 4 is 5.91 Å². The van der Waals surface area contributed by atoms with Crippen LogP contribution >= 0.6 is 0 Å². The zero-order chi connectivity index (χ0) is 20.2. The topological polar surface area (TPSA) is 72.1 Å². The third-order valence-electron chi connectivity index (χ3n) is 5.37. The van der Waals surface area contributed by atoms with E-state index in [0.29, 0.717) is 30.5 Å². The monoisotopic (exact) mass is 390 g/mol. The lowest BCUT2D eigenvalue weighted by Gasteiger charge is -2.16. The van der Waals surface area contributed by atoms with Crippen LogP contribution in [0.15, 0.2) is 47.0 Å². The molecule has 2 aromatic heterocycles. The summed E-state index contributed by atoms with van der Waals surface area (Å²) >= 11 is 0. The number of amides is 1. The highest BCUT2D eigenvalue weighted by Gasteiger charge is 2.28. The van der Waals surface area contributed by atoms with Crippen molar-refractivity contribution in [2.45, 2.75) is 45.4 Å². The molecule has 0 spiro atoms. The van der Waals surface area contributed by atoms with Gasteiger partial charge in [0.05, 0.1) is 0 Å². The second-order valence-electron chi connectivity index (χ2n) is 7.76. The molecule has 0 bridgehead atoms. The Kier molecular flexibility index (Phi) is 5.69. The maximum Gasteiger partial charge on any atom is 0.227 e. The van der Waals surface area contributed by atoms with Crippen molar-refractivity contribution in [1.29, 1.82) is 0 Å². The Morgan fingerprint density at radius 1 is 1.14 bits per heavy atom. The summed E-state index contributed by atoms with van der Waals surface area (Å²) in [7, 11) is 0. The number of likely N-dealkylation sites (tertiary alicyclic amines) is 1. The van der Waals surface area contributed by atoms with Crippen LogP contribution < -0.4 is 0 Å². The number of aromatic nitrogens is 3. The van der Waals surface area contributed by atoms with Crippen molar-refractivity contribution in [3.05, 3.63) is 76.7 Å². The van der Waals surface area contributed by atoms with E-state index < -0.39 is 0 Å². The fourth-order valence-electron chi connectivity index (χ4n) is 3.95. The van der Waals surface area contributed by atoms with Gasteiger partial charge >= 0.3 is 0 Å². The Labute approximate surface area is 171 Å². The van der Waals surface area contributed by atoms with Gasteiger partial charge in [-0.3, -0.25) is 9.78 Å². The molecular weight excluding hydrogens is 364 g/mol. The van der Waals surface area contributed by atoms with Gasteiger partial charge in [0.15, 0.2) is 5.82 Å². The van der Waals surface area contributed by atoms with Crippen LogP contribution in [0.3, 0.4) is 0 Å². The Morgan fingerprint density at radius 3 is 2.72 bits per heavy atom. The van der Waals surface area contributed by atoms with E-state index in [1.165, 1.54) is 11.1 Å². The van der Waals surface area contributed by atoms with E-state index in [0.717, 1.165) is 37.3 Å². The zero-order valence-electron chi connectivity index (χ0n) is 17.0. The van der Waals surface area contributed by atoms with Gasteiger partial charge in [0.1, 0.15) is 0 Å². The number of nitrogens with zero attached hydrogens (tertiary/aromatic N) is 4. The van der Waals surface area contributed by atoms with Crippen LogP contribution in [0.5, 0.6) is 0 Å². The SMILES string of the molecule is Cc1cc(Cc2ccccc2)cc(C2CCN(C(=O)CCc3nc(C)no3)C2)n1. The molecular formula is C23H26N4O2. The van der Waals surface area contributed by atoms with E-state index in [1.54, 1.807) is 6.92 Å². The van der Waals surface area contributed by atoms with Crippen LogP contribution in [-0.4, -0.2) is 39.0 Å². The standard InChI is InChI=1S/C23H26N4O2/c1-16-12-19(13-18-6-4-3-5-7-18)14-21(24-16)20-10-11-27(15-20)23(28)9-8-22-25-17(2)26-29-22/h3-7,12,14,20H,8-11,13,15H2,1-2H3. The fourth-order valence-corrected chi connectivity index (χ4v) is 3.95. The van der Waals surface area contributed by atoms with E-state index in [-0.39, 0.29) is 5.91 Å². The van der Waals surface area contributed by atoms with Crippen molar-refractivity contribution in [2.24, 2.45) is 0 Å². The first-order chi connectivity index (χ1) is 14.1. The molecule has 1 unspecified atom stereocenters. The second-order valence-corrected chi connectivity index (χ2v) is 7.76. The van der Waals surface area contributed by atoms with Gasteiger partial charge in [-0.05, 0) is 49.9 Å². The van der Waals surface area contributed by atoms with Crippen LogP contribution in [0.25, 0.3) is 0 Å². The van der Waals surface area contributed by atoms with Gasteiger partial charge in [0.25, 0.3) is 0 Å². The minimum absolute atomic E-state index is 0.139. The van der Waals surface area contributed by atoms with Crippen molar-refractivity contribution in [2.75, 3.05) is 13.1 Å². The minimum Gasteiger partial charge on any atom is -0.342 e. The molecule has 4 rings (SSSR count). The summed E-state index contributed by atoms with van der Waals surface area (Å²) in [4.78, 5) is 23.5. The molecule has 3 heterocycles. The molecule has 150 valence electrons. The van der Waals surface area contributed by atoms with Crippen LogP contribution in [0, 0.1) is 13.8 Å². The predicted octanol–water partition coefficient (Wildman–Crippen LogP) is 3.62. The van der Waals surface area contributed by atoms with E-state index >= 15 is 0 Å². The lowest BCUT2D eigenvalue weighted by Crippen LogP contribution is -2.28. The highest BCUT2D eigenvalue weighted by Crippen LogP contribution is 2.28. The number of carbonyl (C=O) groups excluding carboxylic acids is 1. The molecule has 0 N–H and O–H groups in total. The molecule has 1 aliphatic heterocycles. The normalized spacial score (nSPS) is 16.3. The lowest BCUT2D eigenvalue weighted by molar-refractivity contribution is -0.130. The first kappa shape index (κ1) is 19.3. The summed E-state index contributed by atoms with van der Waals surface area (Å²) in [5.41, 5.74) is 4.70. The number of carbonyl (C=O) groups is 1. The fraction of sp³-hybridized carbons (Fsp3) is 0.391. The van der Waals surface area contributed by atoms with Gasteiger partial charge in [0.2, 0.25) is 11.8 Å². The number of pyridine rings is 1. The van der Waals surface area contributed by atoms with Gasteiger partial charge in [0, 0.05) is 43.2 Å². The quantitative estimate of drug-likeness (QED) is 0.643. The highest BCUT2D eigenvalue weighted by atomic mass is 16.5. The first-order valence-electron chi connectivity index (χ1n) is 10.1. The Morgan fingerprint density at radius 2 is 1.97 bits per heavy atom. The molecule has 0 radical (unpaired) electrons. The van der Waals surface area contributed by atoms with Gasteiger partial charge in [-0.2, -0.15) is 4.98 Å². The van der Waals surface area contributed by atoms with Gasteiger partial charge in [-0.25, -0.2) is 0 Å². The maximum absolute atomic E-state index is 12.6. The summed E-state index contributed by atoms with van der Waals surface area (Å²) in [5.74, 6) is 1.56. The molecule has 1 aromatic carbocycles. The molecule has 3 aromatic rings. The summed E-state index contributed by atoms with van der Waals surface area (Å²) < 4.78 is 5.10. The van der Waals surface area contributed by atoms with Crippen LogP contribution in [0.2, 0.25) is 0 Å². The van der Waals surface area contributed by atoms with Crippen molar-refractivity contribution < 1.29 is 9.32 Å². The van der Waals surface area contributed by atoms with Crippen molar-refractivity contribution in [3.8, 4) is 0 Å². The van der Waals surface area contributed by atoms with E-state index in [1.807, 2.05) is 17.9 Å². The Bertz CT molecular complexity index is 984. The molecule has 1 amide bonds. The molecule has 0 saturated carbocycles. The summed E-state index contributed by atoms with van der Waals surface area (Å²) in [5, 5.41) is 3.77. The van der Waals surface area contributed by atoms with E-state index in [2.05, 4.69) is 46.5 Å². The second kappa shape index (κ2) is 8.55. The van der Waals surface area contributed by atoms with Gasteiger partial charge < -0.3 is 9.42 Å². The Balaban J connectivity index is 1.38. The first-order valence-corrected chi connectivity index (χ1v) is 10.1. The number of aryl methyl sites for hydroxylation is 3. The molecule has 1 fully saturated rings. The van der Waals surface area contributed by atoms with Crippen LogP contribution in [-0.2, 0) is 17.6 Å². The third-order valence-corrected chi connectivity index (χ3v) is 5.37. The molecule has 6 heteroatoms. The average molecular weight is 390 g/mol. The highest BCUT2D eigenvalue weighted by molar-refractivity contribution is 5.76. The zero-order valence-corrected chi connectivity index (χ0v) is 17.0. The summed E-state index contributed by atoms with van der Waals surface area (Å²) in [6.45, 7) is 5.32. The maximum atomic E-state index is 12.6. The molecule has 1 aliphatic rings. The average Bonchev–Trinajstić information content (AvgIpc) is 3.36. The molecule has 29 heavy (non-hydrogen) atoms. The third kappa shape index (κ3) is 4.88. The number of hydrogen-bond donors (Lipinski definition) is 0. The Hall–Kier alpha value is -3.02. The largest absolute Gasteiger partial charge is 0.342 e. The van der Waals surface area contributed by atoms with Crippen LogP contribution in [0.4, 0.5) is 0 Å². The van der Waals surface area contributed by atoms with E-state index in [4.69, 9.17) is 9.51 Å². The number of hydrogen-bond acceptors (Lipinski definition) is 5. The predicted molar refractivity (Wildman–Crippen MR) is 110 cm³/mol. The van der Waals surface area contributed by atoms with E-state index in [9.17, 15) is 4.79 Å². The molecule has 1 saturated heterocycles. The molecule has 6 nitrogen and oxygen atoms in total. The lowest BCUT2D eigenvalue weighted by atomic mass is 9.98. The number of benzene rings is 1. The summed E-state index contributed by atoms with van der Waals surface area (Å²) in [6, 6.07) is 14.8. The minimum atomic E-state index is 0.139. The van der Waals surface area contributed by atoms with Crippen molar-refractivity contribution in [1.82, 2.24) is 20.0 Å². The van der Waals surface area contributed by atoms with Crippen molar-refractivity contribution in [3.63, 3.8) is 0 Å². The summed E-state index contributed by atoms with van der Waals surface area (Å²) in [6.07, 6.45) is 2.74. The molecule has 0 aliphatic carbocycles. The van der Waals surface area contributed by atoms with Gasteiger partial charge in [-0.1, -0.05) is 35.5 Å². The van der Waals surface area contributed by atoms with Gasteiger partial charge in [-0.15, -0.1) is 0 Å². The number of rotatable bonds is 6. The smallest absolute Gasteiger partial charge is 0.227 e. The van der Waals surface area contributed by atoms with Crippen LogP contribution in [0.1, 0.15) is 53.0 Å². The molecule has 1 atom stereocenters.